The van der Waals surface area contributed by atoms with Crippen molar-refractivity contribution in [1.29, 1.82) is 0 Å². The summed E-state index contributed by atoms with van der Waals surface area (Å²) in [6.07, 6.45) is 0. The van der Waals surface area contributed by atoms with Crippen LogP contribution in [0.3, 0.4) is 0 Å². The molecule has 0 aliphatic carbocycles. The van der Waals surface area contributed by atoms with Gasteiger partial charge in [-0.05, 0) is 66.5 Å². The third kappa shape index (κ3) is 5.82. The van der Waals surface area contributed by atoms with Gasteiger partial charge in [0.25, 0.3) is 0 Å². The highest BCUT2D eigenvalue weighted by Crippen LogP contribution is 2.22. The van der Waals surface area contributed by atoms with E-state index in [0.29, 0.717) is 22.5 Å². The molecule has 0 aliphatic heterocycles. The molecule has 2 rings (SSSR count). The van der Waals surface area contributed by atoms with Crippen LogP contribution in [0.15, 0.2) is 0 Å². The summed E-state index contributed by atoms with van der Waals surface area (Å²) >= 11 is 0. The highest BCUT2D eigenvalue weighted by molar-refractivity contribution is 5.99. The summed E-state index contributed by atoms with van der Waals surface area (Å²) in [5, 5.41) is 0. The van der Waals surface area contributed by atoms with Crippen LogP contribution in [-0.2, 0) is 18.9 Å². The van der Waals surface area contributed by atoms with E-state index < -0.39 is 36.3 Å². The molecule has 10 nitrogen and oxygen atoms in total. The fourth-order valence-corrected chi connectivity index (χ4v) is 3.33. The van der Waals surface area contributed by atoms with Crippen LogP contribution >= 0.6 is 0 Å². The first-order valence-electron chi connectivity index (χ1n) is 10.4. The topological polar surface area (TPSA) is 137 Å². The number of H-pyrrole nitrogens is 2. The van der Waals surface area contributed by atoms with Gasteiger partial charge in [-0.15, -0.1) is 0 Å². The number of hydrogen-bond donors (Lipinski definition) is 2. The van der Waals surface area contributed by atoms with Crippen molar-refractivity contribution in [2.45, 2.75) is 61.0 Å². The summed E-state index contributed by atoms with van der Waals surface area (Å²) < 4.78 is 20.5. The number of nitrogens with one attached hydrogen (secondary N) is 2. The minimum Gasteiger partial charge on any atom is -0.462 e. The molecule has 180 valence electrons. The van der Waals surface area contributed by atoms with Crippen LogP contribution in [0.4, 0.5) is 0 Å². The molecule has 2 heterocycles. The Morgan fingerprint density at radius 2 is 1.12 bits per heavy atom. The average molecular weight is 462 g/mol. The van der Waals surface area contributed by atoms with Crippen molar-refractivity contribution in [2.75, 3.05) is 13.4 Å². The Morgan fingerprint density at radius 1 is 0.697 bits per heavy atom. The number of aryl methyl sites for hydroxylation is 2. The van der Waals surface area contributed by atoms with Crippen molar-refractivity contribution < 1.29 is 38.1 Å². The lowest BCUT2D eigenvalue weighted by atomic mass is 10.1. The predicted octanol–water partition coefficient (Wildman–Crippen LogP) is 3.68. The second kappa shape index (κ2) is 9.93. The lowest BCUT2D eigenvalue weighted by molar-refractivity contribution is -0.0172. The molecule has 0 aromatic carbocycles. The Hall–Kier alpha value is -3.56. The standard InChI is InChI=1S/C23H30N2O8/c1-9-30-19(26)15-11(2)17(24-13(15)4)21(28)32-10-31-20(27)16-12(3)18(25-14(16)5)22(29)33-23(6,7)8/h24-25H,9-10H2,1-8H3. The summed E-state index contributed by atoms with van der Waals surface area (Å²) in [5.41, 5.74) is 1.55. The van der Waals surface area contributed by atoms with E-state index in [1.165, 1.54) is 0 Å². The van der Waals surface area contributed by atoms with Gasteiger partial charge in [-0.25, -0.2) is 19.2 Å². The summed E-state index contributed by atoms with van der Waals surface area (Å²) in [6.45, 7) is 12.9. The summed E-state index contributed by atoms with van der Waals surface area (Å²) in [6, 6.07) is 0. The lowest BCUT2D eigenvalue weighted by Gasteiger charge is -2.19. The van der Waals surface area contributed by atoms with Crippen molar-refractivity contribution in [2.24, 2.45) is 0 Å². The van der Waals surface area contributed by atoms with E-state index in [4.69, 9.17) is 18.9 Å². The predicted molar refractivity (Wildman–Crippen MR) is 117 cm³/mol. The Morgan fingerprint density at radius 3 is 1.58 bits per heavy atom. The van der Waals surface area contributed by atoms with Crippen LogP contribution in [0, 0.1) is 27.7 Å². The van der Waals surface area contributed by atoms with Crippen LogP contribution in [0.5, 0.6) is 0 Å². The Bertz CT molecular complexity index is 1090. The highest BCUT2D eigenvalue weighted by Gasteiger charge is 2.27. The molecule has 0 spiro atoms. The second-order valence-corrected chi connectivity index (χ2v) is 8.45. The number of rotatable bonds is 7. The first-order valence-corrected chi connectivity index (χ1v) is 10.4. The number of aromatic amines is 2. The van der Waals surface area contributed by atoms with Crippen LogP contribution in [0.25, 0.3) is 0 Å². The van der Waals surface area contributed by atoms with Gasteiger partial charge >= 0.3 is 23.9 Å². The molecule has 0 amide bonds. The molecule has 2 aromatic heterocycles. The van der Waals surface area contributed by atoms with E-state index in [2.05, 4.69) is 9.97 Å². The van der Waals surface area contributed by atoms with Crippen LogP contribution in [-0.4, -0.2) is 52.8 Å². The van der Waals surface area contributed by atoms with E-state index in [-0.39, 0.29) is 29.1 Å². The Labute approximate surface area is 191 Å². The zero-order valence-corrected chi connectivity index (χ0v) is 20.2. The zero-order chi connectivity index (χ0) is 25.1. The molecule has 0 saturated carbocycles. The fourth-order valence-electron chi connectivity index (χ4n) is 3.33. The second-order valence-electron chi connectivity index (χ2n) is 8.45. The van der Waals surface area contributed by atoms with Crippen molar-refractivity contribution in [3.05, 3.63) is 45.0 Å². The Kier molecular flexibility index (Phi) is 7.73. The number of aromatic nitrogens is 2. The van der Waals surface area contributed by atoms with E-state index in [0.717, 1.165) is 0 Å². The SMILES string of the molecule is CCOC(=O)c1c(C)[nH]c(C(=O)OCOC(=O)c2c(C)[nH]c(C(=O)OC(C)(C)C)c2C)c1C. The fraction of sp³-hybridized carbons (Fsp3) is 0.478. The molecule has 10 heteroatoms. The largest absolute Gasteiger partial charge is 0.462 e. The molecule has 2 N–H and O–H groups in total. The maximum absolute atomic E-state index is 12.6. The molecule has 0 aliphatic rings. The van der Waals surface area contributed by atoms with Crippen molar-refractivity contribution in [3.8, 4) is 0 Å². The maximum atomic E-state index is 12.6. The summed E-state index contributed by atoms with van der Waals surface area (Å²) in [4.78, 5) is 55.1. The van der Waals surface area contributed by atoms with Gasteiger partial charge < -0.3 is 28.9 Å². The first-order chi connectivity index (χ1) is 15.3. The monoisotopic (exact) mass is 462 g/mol. The minimum absolute atomic E-state index is 0.0628. The van der Waals surface area contributed by atoms with Gasteiger partial charge in [0.1, 0.15) is 17.0 Å². The number of esters is 4. The van der Waals surface area contributed by atoms with Gasteiger partial charge in [-0.2, -0.15) is 0 Å². The molecule has 0 bridgehead atoms. The molecule has 0 saturated heterocycles. The highest BCUT2D eigenvalue weighted by atomic mass is 16.7. The molecule has 2 aromatic rings. The molecule has 0 unspecified atom stereocenters. The average Bonchev–Trinajstić information content (AvgIpc) is 3.15. The van der Waals surface area contributed by atoms with Crippen molar-refractivity contribution >= 4 is 23.9 Å². The van der Waals surface area contributed by atoms with Gasteiger partial charge in [0, 0.05) is 11.4 Å². The Balaban J connectivity index is 2.07. The van der Waals surface area contributed by atoms with E-state index in [1.54, 1.807) is 55.4 Å². The zero-order valence-electron chi connectivity index (χ0n) is 20.2. The number of hydrogen-bond acceptors (Lipinski definition) is 8. The third-order valence-corrected chi connectivity index (χ3v) is 4.75. The quantitative estimate of drug-likeness (QED) is 0.361. The van der Waals surface area contributed by atoms with E-state index >= 15 is 0 Å². The van der Waals surface area contributed by atoms with Gasteiger partial charge in [0.15, 0.2) is 0 Å². The molecular formula is C23H30N2O8. The molecule has 0 radical (unpaired) electrons. The molecule has 33 heavy (non-hydrogen) atoms. The van der Waals surface area contributed by atoms with Gasteiger partial charge in [-0.1, -0.05) is 0 Å². The van der Waals surface area contributed by atoms with Crippen molar-refractivity contribution in [3.63, 3.8) is 0 Å². The number of carbonyl (C=O) groups excluding carboxylic acids is 4. The lowest BCUT2D eigenvalue weighted by Crippen LogP contribution is -2.24. The van der Waals surface area contributed by atoms with Crippen LogP contribution < -0.4 is 0 Å². The third-order valence-electron chi connectivity index (χ3n) is 4.75. The first kappa shape index (κ1) is 25.7. The van der Waals surface area contributed by atoms with Gasteiger partial charge in [0.2, 0.25) is 6.79 Å². The number of carbonyl (C=O) groups is 4. The maximum Gasteiger partial charge on any atom is 0.357 e. The van der Waals surface area contributed by atoms with Gasteiger partial charge in [-0.3, -0.25) is 0 Å². The summed E-state index contributed by atoms with van der Waals surface area (Å²) in [7, 11) is 0. The van der Waals surface area contributed by atoms with Crippen molar-refractivity contribution in [1.82, 2.24) is 9.97 Å². The summed E-state index contributed by atoms with van der Waals surface area (Å²) in [5.74, 6) is -2.71. The van der Waals surface area contributed by atoms with E-state index in [9.17, 15) is 19.2 Å². The van der Waals surface area contributed by atoms with E-state index in [1.807, 2.05) is 0 Å². The van der Waals surface area contributed by atoms with Gasteiger partial charge in [0.05, 0.1) is 17.7 Å². The minimum atomic E-state index is -0.795. The molecule has 0 atom stereocenters. The smallest absolute Gasteiger partial charge is 0.357 e. The molecule has 0 fully saturated rings. The number of ether oxygens (including phenoxy) is 4. The molecular weight excluding hydrogens is 432 g/mol. The van der Waals surface area contributed by atoms with Crippen LogP contribution in [0.2, 0.25) is 0 Å². The van der Waals surface area contributed by atoms with Crippen LogP contribution in [0.1, 0.15) is 91.9 Å². The normalized spacial score (nSPS) is 11.2.